The molecule has 0 spiro atoms. The van der Waals surface area contributed by atoms with Gasteiger partial charge in [-0.2, -0.15) is 0 Å². The minimum Gasteiger partial charge on any atom is -0.408 e. The average Bonchev–Trinajstić information content (AvgIpc) is 2.74. The molecule has 0 aliphatic carbocycles. The van der Waals surface area contributed by atoms with Gasteiger partial charge in [0.2, 0.25) is 0 Å². The molecule has 0 saturated carbocycles. The molecule has 102 valence electrons. The fraction of sp³-hybridized carbons (Fsp3) is 0.533. The van der Waals surface area contributed by atoms with Gasteiger partial charge >= 0.3 is 5.76 Å². The summed E-state index contributed by atoms with van der Waals surface area (Å²) in [5.74, 6) is 0.598. The van der Waals surface area contributed by atoms with Gasteiger partial charge in [-0.25, -0.2) is 4.79 Å². The third-order valence-electron chi connectivity index (χ3n) is 4.09. The van der Waals surface area contributed by atoms with E-state index in [1.165, 1.54) is 12.8 Å². The third-order valence-corrected chi connectivity index (χ3v) is 4.09. The molecule has 1 aliphatic heterocycles. The second kappa shape index (κ2) is 5.21. The van der Waals surface area contributed by atoms with E-state index < -0.39 is 0 Å². The SMILES string of the molecule is CC1CCN(CCn2c(=O)oc3ccccc32)CC1. The van der Waals surface area contributed by atoms with Crippen LogP contribution in [0.1, 0.15) is 19.8 Å². The van der Waals surface area contributed by atoms with Gasteiger partial charge in [0.15, 0.2) is 5.58 Å². The highest BCUT2D eigenvalue weighted by Gasteiger charge is 2.16. The van der Waals surface area contributed by atoms with Crippen molar-refractivity contribution >= 4 is 11.1 Å². The van der Waals surface area contributed by atoms with E-state index in [4.69, 9.17) is 4.42 Å². The van der Waals surface area contributed by atoms with Gasteiger partial charge in [0.1, 0.15) is 0 Å². The quantitative estimate of drug-likeness (QED) is 0.850. The van der Waals surface area contributed by atoms with E-state index in [2.05, 4.69) is 11.8 Å². The summed E-state index contributed by atoms with van der Waals surface area (Å²) in [5.41, 5.74) is 1.58. The smallest absolute Gasteiger partial charge is 0.408 e. The second-order valence-corrected chi connectivity index (χ2v) is 5.51. The lowest BCUT2D eigenvalue weighted by Gasteiger charge is -2.30. The number of likely N-dealkylation sites (tertiary alicyclic amines) is 1. The summed E-state index contributed by atoms with van der Waals surface area (Å²) in [6, 6.07) is 7.62. The Labute approximate surface area is 112 Å². The maximum Gasteiger partial charge on any atom is 0.419 e. The molecule has 3 rings (SSSR count). The molecule has 0 radical (unpaired) electrons. The minimum absolute atomic E-state index is 0.244. The van der Waals surface area contributed by atoms with E-state index in [9.17, 15) is 4.79 Å². The Kier molecular flexibility index (Phi) is 3.42. The largest absolute Gasteiger partial charge is 0.419 e. The summed E-state index contributed by atoms with van der Waals surface area (Å²) in [5, 5.41) is 0. The van der Waals surface area contributed by atoms with Crippen LogP contribution in [-0.4, -0.2) is 29.1 Å². The van der Waals surface area contributed by atoms with Gasteiger partial charge in [0, 0.05) is 13.1 Å². The predicted octanol–water partition coefficient (Wildman–Crippen LogP) is 2.33. The lowest BCUT2D eigenvalue weighted by Crippen LogP contribution is -2.36. The summed E-state index contributed by atoms with van der Waals surface area (Å²) in [6.45, 7) is 6.24. The number of rotatable bonds is 3. The molecular weight excluding hydrogens is 240 g/mol. The zero-order valence-electron chi connectivity index (χ0n) is 11.3. The van der Waals surface area contributed by atoms with E-state index in [0.717, 1.165) is 31.1 Å². The van der Waals surface area contributed by atoms with Gasteiger partial charge in [-0.05, 0) is 44.0 Å². The van der Waals surface area contributed by atoms with Crippen LogP contribution in [0, 0.1) is 5.92 Å². The molecule has 0 atom stereocenters. The molecule has 0 N–H and O–H groups in total. The lowest BCUT2D eigenvalue weighted by molar-refractivity contribution is 0.186. The Balaban J connectivity index is 1.72. The van der Waals surface area contributed by atoms with Gasteiger partial charge < -0.3 is 9.32 Å². The number of hydrogen-bond donors (Lipinski definition) is 0. The fourth-order valence-corrected chi connectivity index (χ4v) is 2.75. The lowest BCUT2D eigenvalue weighted by atomic mass is 9.99. The van der Waals surface area contributed by atoms with Crippen molar-refractivity contribution in [3.8, 4) is 0 Å². The number of hydrogen-bond acceptors (Lipinski definition) is 3. The van der Waals surface area contributed by atoms with Crippen molar-refractivity contribution < 1.29 is 4.42 Å². The van der Waals surface area contributed by atoms with E-state index in [1.54, 1.807) is 4.57 Å². The molecular formula is C15H20N2O2. The third kappa shape index (κ3) is 2.59. The van der Waals surface area contributed by atoms with Crippen LogP contribution in [0.5, 0.6) is 0 Å². The zero-order valence-corrected chi connectivity index (χ0v) is 11.3. The first kappa shape index (κ1) is 12.5. The first-order valence-electron chi connectivity index (χ1n) is 7.05. The number of nitrogens with zero attached hydrogens (tertiary/aromatic N) is 2. The highest BCUT2D eigenvalue weighted by Crippen LogP contribution is 2.16. The number of piperidine rings is 1. The summed E-state index contributed by atoms with van der Waals surface area (Å²) < 4.78 is 6.99. The van der Waals surface area contributed by atoms with Crippen molar-refractivity contribution in [2.24, 2.45) is 5.92 Å². The van der Waals surface area contributed by atoms with Gasteiger partial charge in [-0.3, -0.25) is 4.57 Å². The molecule has 2 heterocycles. The normalized spacial score (nSPS) is 18.2. The molecule has 1 aliphatic rings. The highest BCUT2D eigenvalue weighted by molar-refractivity contribution is 5.72. The standard InChI is InChI=1S/C15H20N2O2/c1-12-6-8-16(9-7-12)10-11-17-13-4-2-3-5-14(13)19-15(17)18/h2-5,12H,6-11H2,1H3. The first-order chi connectivity index (χ1) is 9.24. The molecule has 0 bridgehead atoms. The van der Waals surface area contributed by atoms with Crippen LogP contribution in [0.25, 0.3) is 11.1 Å². The molecule has 0 amide bonds. The molecule has 4 nitrogen and oxygen atoms in total. The average molecular weight is 260 g/mol. The number of oxazole rings is 1. The second-order valence-electron chi connectivity index (χ2n) is 5.51. The van der Waals surface area contributed by atoms with E-state index >= 15 is 0 Å². The van der Waals surface area contributed by atoms with Gasteiger partial charge in [-0.15, -0.1) is 0 Å². The maximum atomic E-state index is 11.8. The number of fused-ring (bicyclic) bond motifs is 1. The highest BCUT2D eigenvalue weighted by atomic mass is 16.4. The number of aromatic nitrogens is 1. The van der Waals surface area contributed by atoms with E-state index in [-0.39, 0.29) is 5.76 Å². The monoisotopic (exact) mass is 260 g/mol. The molecule has 1 fully saturated rings. The molecule has 0 unspecified atom stereocenters. The fourth-order valence-electron chi connectivity index (χ4n) is 2.75. The predicted molar refractivity (Wildman–Crippen MR) is 75.3 cm³/mol. The van der Waals surface area contributed by atoms with Crippen LogP contribution < -0.4 is 5.76 Å². The Bertz CT molecular complexity index is 606. The summed E-state index contributed by atoms with van der Waals surface area (Å²) in [4.78, 5) is 14.3. The number of para-hydroxylation sites is 2. The van der Waals surface area contributed by atoms with Crippen LogP contribution in [-0.2, 0) is 6.54 Å². The molecule has 1 saturated heterocycles. The van der Waals surface area contributed by atoms with Crippen LogP contribution >= 0.6 is 0 Å². The summed E-state index contributed by atoms with van der Waals surface area (Å²) in [6.07, 6.45) is 2.53. The number of benzene rings is 1. The van der Waals surface area contributed by atoms with Crippen LogP contribution in [0.4, 0.5) is 0 Å². The zero-order chi connectivity index (χ0) is 13.2. The van der Waals surface area contributed by atoms with Crippen molar-refractivity contribution in [3.63, 3.8) is 0 Å². The van der Waals surface area contributed by atoms with E-state index in [1.807, 2.05) is 24.3 Å². The van der Waals surface area contributed by atoms with Crippen LogP contribution in [0.3, 0.4) is 0 Å². The van der Waals surface area contributed by atoms with Crippen molar-refractivity contribution in [1.29, 1.82) is 0 Å². The minimum atomic E-state index is -0.244. The Morgan fingerprint density at radius 2 is 1.95 bits per heavy atom. The van der Waals surface area contributed by atoms with Gasteiger partial charge in [0.05, 0.1) is 5.52 Å². The van der Waals surface area contributed by atoms with E-state index in [0.29, 0.717) is 12.1 Å². The van der Waals surface area contributed by atoms with Crippen molar-refractivity contribution in [1.82, 2.24) is 9.47 Å². The van der Waals surface area contributed by atoms with Crippen LogP contribution in [0.2, 0.25) is 0 Å². The van der Waals surface area contributed by atoms with Crippen LogP contribution in [0.15, 0.2) is 33.5 Å². The van der Waals surface area contributed by atoms with Gasteiger partial charge in [-0.1, -0.05) is 19.1 Å². The van der Waals surface area contributed by atoms with Crippen molar-refractivity contribution in [3.05, 3.63) is 34.8 Å². The molecule has 19 heavy (non-hydrogen) atoms. The molecule has 4 heteroatoms. The Hall–Kier alpha value is -1.55. The topological polar surface area (TPSA) is 38.4 Å². The Morgan fingerprint density at radius 3 is 2.74 bits per heavy atom. The summed E-state index contributed by atoms with van der Waals surface area (Å²) in [7, 11) is 0. The first-order valence-corrected chi connectivity index (χ1v) is 7.05. The van der Waals surface area contributed by atoms with Gasteiger partial charge in [0.25, 0.3) is 0 Å². The molecule has 1 aromatic carbocycles. The molecule has 1 aromatic heterocycles. The summed E-state index contributed by atoms with van der Waals surface area (Å²) >= 11 is 0. The van der Waals surface area contributed by atoms with Crippen molar-refractivity contribution in [2.45, 2.75) is 26.3 Å². The van der Waals surface area contributed by atoms with Crippen molar-refractivity contribution in [2.75, 3.05) is 19.6 Å². The molecule has 2 aromatic rings. The Morgan fingerprint density at radius 1 is 1.21 bits per heavy atom. The maximum absolute atomic E-state index is 11.8.